The zero-order valence-corrected chi connectivity index (χ0v) is 12.7. The first kappa shape index (κ1) is 16.1. The highest BCUT2D eigenvalue weighted by molar-refractivity contribution is 7.80. The number of esters is 1. The second-order valence-electron chi connectivity index (χ2n) is 5.63. The summed E-state index contributed by atoms with van der Waals surface area (Å²) in [5.41, 5.74) is -0.487. The molecule has 0 unspecified atom stereocenters. The summed E-state index contributed by atoms with van der Waals surface area (Å²) in [4.78, 5) is 25.2. The number of rotatable bonds is 3. The lowest BCUT2D eigenvalue weighted by Gasteiger charge is -2.32. The molecule has 0 aromatic carbocycles. The van der Waals surface area contributed by atoms with Gasteiger partial charge in [0.25, 0.3) is 0 Å². The highest BCUT2D eigenvalue weighted by atomic mass is 32.1. The average molecular weight is 289 g/mol. The topological polar surface area (TPSA) is 55.8 Å². The van der Waals surface area contributed by atoms with E-state index in [4.69, 9.17) is 9.47 Å². The first-order chi connectivity index (χ1) is 8.83. The minimum atomic E-state index is -0.487. The SMILES string of the molecule is CC(C)(C)OC(=O)N1CCC(C(=O)OCCS)CC1. The molecule has 0 N–H and O–H groups in total. The van der Waals surface area contributed by atoms with Crippen molar-refractivity contribution < 1.29 is 19.1 Å². The van der Waals surface area contributed by atoms with Crippen LogP contribution in [0.25, 0.3) is 0 Å². The molecule has 1 amide bonds. The summed E-state index contributed by atoms with van der Waals surface area (Å²) in [6, 6.07) is 0. The van der Waals surface area contributed by atoms with Crippen LogP contribution in [0, 0.1) is 5.92 Å². The number of carbonyl (C=O) groups is 2. The summed E-state index contributed by atoms with van der Waals surface area (Å²) in [6.45, 7) is 6.94. The number of nitrogens with zero attached hydrogens (tertiary/aromatic N) is 1. The Labute approximate surface area is 120 Å². The van der Waals surface area contributed by atoms with Crippen LogP contribution in [0.2, 0.25) is 0 Å². The van der Waals surface area contributed by atoms with Gasteiger partial charge in [-0.2, -0.15) is 12.6 Å². The fourth-order valence-electron chi connectivity index (χ4n) is 1.89. The normalized spacial score (nSPS) is 17.2. The Hall–Kier alpha value is -0.910. The van der Waals surface area contributed by atoms with E-state index in [-0.39, 0.29) is 18.0 Å². The zero-order chi connectivity index (χ0) is 14.5. The van der Waals surface area contributed by atoms with Gasteiger partial charge in [-0.15, -0.1) is 0 Å². The van der Waals surface area contributed by atoms with Gasteiger partial charge in [0.15, 0.2) is 0 Å². The van der Waals surface area contributed by atoms with E-state index in [0.29, 0.717) is 38.3 Å². The van der Waals surface area contributed by atoms with Crippen molar-refractivity contribution in [3.05, 3.63) is 0 Å². The Bertz CT molecular complexity index is 319. The van der Waals surface area contributed by atoms with Gasteiger partial charge in [0.1, 0.15) is 12.2 Å². The molecule has 1 fully saturated rings. The van der Waals surface area contributed by atoms with Gasteiger partial charge >= 0.3 is 12.1 Å². The fraction of sp³-hybridized carbons (Fsp3) is 0.846. The van der Waals surface area contributed by atoms with Gasteiger partial charge in [0, 0.05) is 18.8 Å². The first-order valence-electron chi connectivity index (χ1n) is 6.59. The third kappa shape index (κ3) is 5.72. The summed E-state index contributed by atoms with van der Waals surface area (Å²) in [5, 5.41) is 0. The molecule has 5 nitrogen and oxygen atoms in total. The van der Waals surface area contributed by atoms with Crippen molar-refractivity contribution in [2.75, 3.05) is 25.4 Å². The molecule has 0 atom stereocenters. The van der Waals surface area contributed by atoms with Crippen molar-refractivity contribution in [2.24, 2.45) is 5.92 Å². The zero-order valence-electron chi connectivity index (χ0n) is 11.8. The van der Waals surface area contributed by atoms with Crippen molar-refractivity contribution in [1.29, 1.82) is 0 Å². The second kappa shape index (κ2) is 7.03. The van der Waals surface area contributed by atoms with Gasteiger partial charge in [-0.1, -0.05) is 0 Å². The largest absolute Gasteiger partial charge is 0.465 e. The molecular formula is C13H23NO4S. The van der Waals surface area contributed by atoms with Gasteiger partial charge in [0.2, 0.25) is 0 Å². The Morgan fingerprint density at radius 2 is 1.84 bits per heavy atom. The number of amides is 1. The Morgan fingerprint density at radius 3 is 2.32 bits per heavy atom. The fourth-order valence-corrected chi connectivity index (χ4v) is 1.98. The summed E-state index contributed by atoms with van der Waals surface area (Å²) in [5.74, 6) is 0.235. The smallest absolute Gasteiger partial charge is 0.410 e. The van der Waals surface area contributed by atoms with Crippen molar-refractivity contribution >= 4 is 24.7 Å². The van der Waals surface area contributed by atoms with Crippen molar-refractivity contribution in [3.63, 3.8) is 0 Å². The van der Waals surface area contributed by atoms with E-state index >= 15 is 0 Å². The minimum absolute atomic E-state index is 0.112. The third-order valence-corrected chi connectivity index (χ3v) is 3.00. The van der Waals surface area contributed by atoms with Crippen LogP contribution in [0.5, 0.6) is 0 Å². The molecule has 1 heterocycles. The monoisotopic (exact) mass is 289 g/mol. The average Bonchev–Trinajstić information content (AvgIpc) is 2.34. The van der Waals surface area contributed by atoms with Crippen LogP contribution >= 0.6 is 12.6 Å². The van der Waals surface area contributed by atoms with Gasteiger partial charge < -0.3 is 14.4 Å². The van der Waals surface area contributed by atoms with Crippen LogP contribution in [0.3, 0.4) is 0 Å². The van der Waals surface area contributed by atoms with E-state index in [2.05, 4.69) is 12.6 Å². The quantitative estimate of drug-likeness (QED) is 0.638. The molecule has 0 aromatic heterocycles. The van der Waals surface area contributed by atoms with E-state index in [1.165, 1.54) is 0 Å². The van der Waals surface area contributed by atoms with Gasteiger partial charge in [-0.05, 0) is 33.6 Å². The summed E-state index contributed by atoms with van der Waals surface area (Å²) >= 11 is 3.99. The van der Waals surface area contributed by atoms with Crippen LogP contribution in [-0.2, 0) is 14.3 Å². The van der Waals surface area contributed by atoms with E-state index in [0.717, 1.165) is 0 Å². The standard InChI is InChI=1S/C13H23NO4S/c1-13(2,3)18-12(16)14-6-4-10(5-7-14)11(15)17-8-9-19/h10,19H,4-9H2,1-3H3. The number of hydrogen-bond donors (Lipinski definition) is 1. The second-order valence-corrected chi connectivity index (χ2v) is 6.08. The lowest BCUT2D eigenvalue weighted by molar-refractivity contribution is -0.149. The molecule has 0 bridgehead atoms. The van der Waals surface area contributed by atoms with E-state index in [9.17, 15) is 9.59 Å². The number of piperidine rings is 1. The Morgan fingerprint density at radius 1 is 1.26 bits per heavy atom. The Balaban J connectivity index is 2.36. The van der Waals surface area contributed by atoms with E-state index in [1.54, 1.807) is 4.90 Å². The van der Waals surface area contributed by atoms with E-state index in [1.807, 2.05) is 20.8 Å². The molecule has 0 radical (unpaired) electrons. The number of ether oxygens (including phenoxy) is 2. The summed E-state index contributed by atoms with van der Waals surface area (Å²) < 4.78 is 10.4. The number of hydrogen-bond acceptors (Lipinski definition) is 5. The van der Waals surface area contributed by atoms with Crippen LogP contribution in [0.15, 0.2) is 0 Å². The molecule has 6 heteroatoms. The molecule has 19 heavy (non-hydrogen) atoms. The lowest BCUT2D eigenvalue weighted by Crippen LogP contribution is -2.43. The van der Waals surface area contributed by atoms with Crippen LogP contribution in [0.4, 0.5) is 4.79 Å². The van der Waals surface area contributed by atoms with Gasteiger partial charge in [-0.25, -0.2) is 4.79 Å². The van der Waals surface area contributed by atoms with Crippen LogP contribution < -0.4 is 0 Å². The van der Waals surface area contributed by atoms with Crippen molar-refractivity contribution in [1.82, 2.24) is 4.90 Å². The van der Waals surface area contributed by atoms with Crippen LogP contribution in [-0.4, -0.2) is 48.0 Å². The highest BCUT2D eigenvalue weighted by Gasteiger charge is 2.30. The molecule has 0 aliphatic carbocycles. The summed E-state index contributed by atoms with van der Waals surface area (Å²) in [6.07, 6.45) is 0.949. The number of thiol groups is 1. The minimum Gasteiger partial charge on any atom is -0.465 e. The van der Waals surface area contributed by atoms with Crippen molar-refractivity contribution in [3.8, 4) is 0 Å². The van der Waals surface area contributed by atoms with E-state index < -0.39 is 5.60 Å². The van der Waals surface area contributed by atoms with Gasteiger partial charge in [-0.3, -0.25) is 4.79 Å². The molecule has 0 aromatic rings. The predicted molar refractivity (Wildman–Crippen MR) is 75.3 cm³/mol. The highest BCUT2D eigenvalue weighted by Crippen LogP contribution is 2.20. The lowest BCUT2D eigenvalue weighted by atomic mass is 9.97. The summed E-state index contributed by atoms with van der Waals surface area (Å²) in [7, 11) is 0. The molecular weight excluding hydrogens is 266 g/mol. The molecule has 1 aliphatic heterocycles. The maximum atomic E-state index is 11.8. The van der Waals surface area contributed by atoms with Crippen LogP contribution in [0.1, 0.15) is 33.6 Å². The molecule has 0 spiro atoms. The maximum Gasteiger partial charge on any atom is 0.410 e. The van der Waals surface area contributed by atoms with Gasteiger partial charge in [0.05, 0.1) is 5.92 Å². The third-order valence-electron chi connectivity index (χ3n) is 2.82. The van der Waals surface area contributed by atoms with Crippen molar-refractivity contribution in [2.45, 2.75) is 39.2 Å². The molecule has 110 valence electrons. The number of carbonyl (C=O) groups excluding carboxylic acids is 2. The molecule has 1 rings (SSSR count). The molecule has 1 saturated heterocycles. The molecule has 0 saturated carbocycles. The molecule has 1 aliphatic rings. The Kier molecular flexibility index (Phi) is 5.97. The number of likely N-dealkylation sites (tertiary alicyclic amines) is 1. The predicted octanol–water partition coefficient (Wildman–Crippen LogP) is 2.11. The first-order valence-corrected chi connectivity index (χ1v) is 7.22. The maximum absolute atomic E-state index is 11.8.